The van der Waals surface area contributed by atoms with E-state index in [0.29, 0.717) is 5.82 Å². The summed E-state index contributed by atoms with van der Waals surface area (Å²) in [4.78, 5) is 12.0. The second-order valence-electron chi connectivity index (χ2n) is 5.39. The van der Waals surface area contributed by atoms with Gasteiger partial charge in [0.15, 0.2) is 5.82 Å². The number of hydrogen-bond donors (Lipinski definition) is 1. The number of ether oxygens (including phenoxy) is 1. The third-order valence-electron chi connectivity index (χ3n) is 2.43. The van der Waals surface area contributed by atoms with Crippen molar-refractivity contribution in [1.82, 2.24) is 20.0 Å². The first-order valence-electron chi connectivity index (χ1n) is 6.15. The molecule has 0 aliphatic rings. The van der Waals surface area contributed by atoms with E-state index in [0.717, 1.165) is 5.69 Å². The minimum Gasteiger partial charge on any atom is -0.456 e. The van der Waals surface area contributed by atoms with Gasteiger partial charge in [0.05, 0.1) is 11.9 Å². The molecular formula is C13H17N5O2. The molecule has 0 aliphatic heterocycles. The van der Waals surface area contributed by atoms with E-state index in [1.807, 2.05) is 6.92 Å². The summed E-state index contributed by atoms with van der Waals surface area (Å²) in [5.74, 6) is 0.113. The van der Waals surface area contributed by atoms with Crippen molar-refractivity contribution in [2.45, 2.75) is 33.3 Å². The molecule has 0 spiro atoms. The number of nitrogen functional groups attached to an aromatic ring is 1. The fraction of sp³-hybridized carbons (Fsp3) is 0.385. The highest BCUT2D eigenvalue weighted by atomic mass is 16.6. The molecule has 0 unspecified atom stereocenters. The molecular weight excluding hydrogens is 258 g/mol. The molecule has 0 radical (unpaired) electrons. The smallest absolute Gasteiger partial charge is 0.344 e. The van der Waals surface area contributed by atoms with Crippen LogP contribution in [0.25, 0.3) is 5.82 Å². The summed E-state index contributed by atoms with van der Waals surface area (Å²) in [6, 6.07) is 3.52. The topological polar surface area (TPSA) is 95.9 Å². The maximum atomic E-state index is 12.0. The number of rotatable bonds is 2. The minimum absolute atomic E-state index is 0.178. The standard InChI is InChI=1S/C13H17N5O2/c1-8-5-6-10(17-16-8)18-11(14)9(7-15-18)12(19)20-13(2,3)4/h5-7H,14H2,1-4H3. The van der Waals surface area contributed by atoms with Crippen LogP contribution in [0, 0.1) is 6.92 Å². The number of nitrogens with zero attached hydrogens (tertiary/aromatic N) is 4. The van der Waals surface area contributed by atoms with E-state index in [2.05, 4.69) is 15.3 Å². The van der Waals surface area contributed by atoms with Gasteiger partial charge in [0, 0.05) is 0 Å². The summed E-state index contributed by atoms with van der Waals surface area (Å²) in [6.45, 7) is 7.19. The molecule has 2 aromatic heterocycles. The lowest BCUT2D eigenvalue weighted by molar-refractivity contribution is 0.00708. The fourth-order valence-electron chi connectivity index (χ4n) is 1.54. The van der Waals surface area contributed by atoms with Gasteiger partial charge in [0.1, 0.15) is 17.0 Å². The molecule has 2 heterocycles. The molecule has 106 valence electrons. The van der Waals surface area contributed by atoms with Crippen LogP contribution in [-0.2, 0) is 4.74 Å². The SMILES string of the molecule is Cc1ccc(-n2ncc(C(=O)OC(C)(C)C)c2N)nn1. The molecule has 2 aromatic rings. The van der Waals surface area contributed by atoms with E-state index in [-0.39, 0.29) is 11.4 Å². The summed E-state index contributed by atoms with van der Waals surface area (Å²) < 4.78 is 6.62. The molecule has 2 rings (SSSR count). The number of nitrogens with two attached hydrogens (primary N) is 1. The Labute approximate surface area is 116 Å². The Morgan fingerprint density at radius 2 is 2.00 bits per heavy atom. The number of carbonyl (C=O) groups excluding carboxylic acids is 1. The first-order chi connectivity index (χ1) is 9.28. The van der Waals surface area contributed by atoms with Crippen LogP contribution in [0.4, 0.5) is 5.82 Å². The molecule has 0 fully saturated rings. The molecule has 0 amide bonds. The third kappa shape index (κ3) is 2.93. The molecule has 7 nitrogen and oxygen atoms in total. The summed E-state index contributed by atoms with van der Waals surface area (Å²) in [7, 11) is 0. The van der Waals surface area contributed by atoms with Gasteiger partial charge in [-0.2, -0.15) is 14.9 Å². The Kier molecular flexibility index (Phi) is 3.44. The van der Waals surface area contributed by atoms with Gasteiger partial charge in [0.2, 0.25) is 0 Å². The van der Waals surface area contributed by atoms with Crippen molar-refractivity contribution in [2.24, 2.45) is 0 Å². The first kappa shape index (κ1) is 14.0. The number of aromatic nitrogens is 4. The van der Waals surface area contributed by atoms with Crippen LogP contribution >= 0.6 is 0 Å². The van der Waals surface area contributed by atoms with E-state index in [1.165, 1.54) is 10.9 Å². The lowest BCUT2D eigenvalue weighted by atomic mass is 10.2. The Bertz CT molecular complexity index is 625. The molecule has 0 atom stereocenters. The largest absolute Gasteiger partial charge is 0.456 e. The second-order valence-corrected chi connectivity index (χ2v) is 5.39. The Balaban J connectivity index is 2.32. The Morgan fingerprint density at radius 1 is 1.30 bits per heavy atom. The van der Waals surface area contributed by atoms with Gasteiger partial charge < -0.3 is 10.5 Å². The van der Waals surface area contributed by atoms with Crippen molar-refractivity contribution in [2.75, 3.05) is 5.73 Å². The van der Waals surface area contributed by atoms with Crippen LogP contribution in [-0.4, -0.2) is 31.5 Å². The monoisotopic (exact) mass is 275 g/mol. The Morgan fingerprint density at radius 3 is 2.55 bits per heavy atom. The summed E-state index contributed by atoms with van der Waals surface area (Å²) >= 11 is 0. The number of aryl methyl sites for hydroxylation is 1. The van der Waals surface area contributed by atoms with E-state index in [4.69, 9.17) is 10.5 Å². The average molecular weight is 275 g/mol. The summed E-state index contributed by atoms with van der Waals surface area (Å²) in [5.41, 5.74) is 6.33. The number of anilines is 1. The first-order valence-corrected chi connectivity index (χ1v) is 6.15. The third-order valence-corrected chi connectivity index (χ3v) is 2.43. The molecule has 2 N–H and O–H groups in total. The van der Waals surface area contributed by atoms with Crippen molar-refractivity contribution in [3.63, 3.8) is 0 Å². The van der Waals surface area contributed by atoms with Crippen LogP contribution in [0.5, 0.6) is 0 Å². The second kappa shape index (κ2) is 4.92. The number of hydrogen-bond acceptors (Lipinski definition) is 6. The van der Waals surface area contributed by atoms with E-state index in [9.17, 15) is 4.79 Å². The van der Waals surface area contributed by atoms with Gasteiger partial charge in [-0.3, -0.25) is 0 Å². The van der Waals surface area contributed by atoms with Crippen molar-refractivity contribution in [3.8, 4) is 5.82 Å². The zero-order valence-corrected chi connectivity index (χ0v) is 11.9. The molecule has 20 heavy (non-hydrogen) atoms. The predicted octanol–water partition coefficient (Wildman–Crippen LogP) is 1.51. The Hall–Kier alpha value is -2.44. The number of esters is 1. The molecule has 0 bridgehead atoms. The maximum Gasteiger partial charge on any atom is 0.344 e. The highest BCUT2D eigenvalue weighted by molar-refractivity contribution is 5.94. The van der Waals surface area contributed by atoms with E-state index in [1.54, 1.807) is 32.9 Å². The normalized spacial score (nSPS) is 11.4. The van der Waals surface area contributed by atoms with Crippen LogP contribution in [0.2, 0.25) is 0 Å². The van der Waals surface area contributed by atoms with Crippen molar-refractivity contribution >= 4 is 11.8 Å². The zero-order valence-electron chi connectivity index (χ0n) is 11.9. The van der Waals surface area contributed by atoms with Crippen LogP contribution < -0.4 is 5.73 Å². The molecule has 7 heteroatoms. The molecule has 0 saturated heterocycles. The lowest BCUT2D eigenvalue weighted by Gasteiger charge is -2.19. The van der Waals surface area contributed by atoms with Gasteiger partial charge in [-0.1, -0.05) is 0 Å². The van der Waals surface area contributed by atoms with E-state index >= 15 is 0 Å². The summed E-state index contributed by atoms with van der Waals surface area (Å²) in [6.07, 6.45) is 1.37. The maximum absolute atomic E-state index is 12.0. The minimum atomic E-state index is -0.588. The highest BCUT2D eigenvalue weighted by Gasteiger charge is 2.23. The molecule has 0 aromatic carbocycles. The lowest BCUT2D eigenvalue weighted by Crippen LogP contribution is -2.24. The van der Waals surface area contributed by atoms with E-state index < -0.39 is 11.6 Å². The van der Waals surface area contributed by atoms with Crippen molar-refractivity contribution < 1.29 is 9.53 Å². The highest BCUT2D eigenvalue weighted by Crippen LogP contribution is 2.19. The van der Waals surface area contributed by atoms with Crippen LogP contribution in [0.1, 0.15) is 36.8 Å². The van der Waals surface area contributed by atoms with Gasteiger partial charge in [-0.25, -0.2) is 4.79 Å². The molecule has 0 aliphatic carbocycles. The van der Waals surface area contributed by atoms with Gasteiger partial charge in [-0.05, 0) is 39.8 Å². The van der Waals surface area contributed by atoms with Gasteiger partial charge in [0.25, 0.3) is 0 Å². The van der Waals surface area contributed by atoms with Crippen LogP contribution in [0.3, 0.4) is 0 Å². The number of carbonyl (C=O) groups is 1. The van der Waals surface area contributed by atoms with Crippen LogP contribution in [0.15, 0.2) is 18.3 Å². The van der Waals surface area contributed by atoms with Crippen molar-refractivity contribution in [1.29, 1.82) is 0 Å². The molecule has 0 saturated carbocycles. The van der Waals surface area contributed by atoms with Gasteiger partial charge in [-0.15, -0.1) is 5.10 Å². The van der Waals surface area contributed by atoms with Crippen molar-refractivity contribution in [3.05, 3.63) is 29.6 Å². The fourth-order valence-corrected chi connectivity index (χ4v) is 1.54. The summed E-state index contributed by atoms with van der Waals surface area (Å²) in [5, 5.41) is 12.0. The average Bonchev–Trinajstić information content (AvgIpc) is 2.70. The zero-order chi connectivity index (χ0) is 14.9. The van der Waals surface area contributed by atoms with Gasteiger partial charge >= 0.3 is 5.97 Å². The quantitative estimate of drug-likeness (QED) is 0.834. The predicted molar refractivity (Wildman–Crippen MR) is 73.5 cm³/mol.